The number of amides is 2. The standard InChI is InChI=1S/C21H19N3O3/c1-14-21(26)23(2)18-10-7-16(13-19(18)27-14)22-20(25)15-5-8-17(9-6-15)24-11-3-4-12-24/h3-14H,1-2H3,(H,22,25). The van der Waals surface area contributed by atoms with Crippen LogP contribution in [0.15, 0.2) is 67.0 Å². The molecule has 1 atom stereocenters. The molecule has 2 aromatic carbocycles. The Labute approximate surface area is 157 Å². The highest BCUT2D eigenvalue weighted by Gasteiger charge is 2.29. The molecule has 4 rings (SSSR count). The summed E-state index contributed by atoms with van der Waals surface area (Å²) in [5.41, 5.74) is 2.85. The number of likely N-dealkylation sites (N-methyl/N-ethyl adjacent to an activating group) is 1. The lowest BCUT2D eigenvalue weighted by Crippen LogP contribution is -2.41. The molecule has 136 valence electrons. The van der Waals surface area contributed by atoms with Crippen molar-refractivity contribution in [3.8, 4) is 11.4 Å². The molecule has 0 aliphatic carbocycles. The maximum atomic E-state index is 12.5. The fraction of sp³-hybridized carbons (Fsp3) is 0.143. The molecule has 27 heavy (non-hydrogen) atoms. The van der Waals surface area contributed by atoms with Gasteiger partial charge in [0.25, 0.3) is 11.8 Å². The minimum atomic E-state index is -0.547. The summed E-state index contributed by atoms with van der Waals surface area (Å²) in [5.74, 6) is 0.273. The monoisotopic (exact) mass is 361 g/mol. The highest BCUT2D eigenvalue weighted by Crippen LogP contribution is 2.35. The van der Waals surface area contributed by atoms with Crippen LogP contribution in [0.4, 0.5) is 11.4 Å². The van der Waals surface area contributed by atoms with E-state index in [1.165, 1.54) is 0 Å². The number of hydrogen-bond acceptors (Lipinski definition) is 3. The van der Waals surface area contributed by atoms with Gasteiger partial charge in [-0.3, -0.25) is 9.59 Å². The molecule has 1 aromatic heterocycles. The van der Waals surface area contributed by atoms with Gasteiger partial charge in [-0.15, -0.1) is 0 Å². The van der Waals surface area contributed by atoms with Crippen LogP contribution in [0.1, 0.15) is 17.3 Å². The molecule has 1 N–H and O–H groups in total. The second kappa shape index (κ2) is 6.64. The van der Waals surface area contributed by atoms with E-state index in [0.717, 1.165) is 5.69 Å². The van der Waals surface area contributed by atoms with Crippen LogP contribution in [0.3, 0.4) is 0 Å². The van der Waals surface area contributed by atoms with Crippen molar-refractivity contribution in [2.24, 2.45) is 0 Å². The molecule has 0 bridgehead atoms. The van der Waals surface area contributed by atoms with Crippen molar-refractivity contribution in [2.75, 3.05) is 17.3 Å². The number of aromatic nitrogens is 1. The molecule has 2 amide bonds. The van der Waals surface area contributed by atoms with E-state index in [1.54, 1.807) is 49.2 Å². The van der Waals surface area contributed by atoms with Gasteiger partial charge < -0.3 is 19.5 Å². The van der Waals surface area contributed by atoms with Gasteiger partial charge in [-0.2, -0.15) is 0 Å². The first-order valence-corrected chi connectivity index (χ1v) is 8.66. The molecule has 3 aromatic rings. The van der Waals surface area contributed by atoms with Gasteiger partial charge in [0, 0.05) is 42.4 Å². The van der Waals surface area contributed by atoms with E-state index in [9.17, 15) is 9.59 Å². The second-order valence-electron chi connectivity index (χ2n) is 6.43. The first-order chi connectivity index (χ1) is 13.0. The number of ether oxygens (including phenoxy) is 1. The Balaban J connectivity index is 1.52. The molecule has 0 spiro atoms. The maximum Gasteiger partial charge on any atom is 0.267 e. The molecule has 2 heterocycles. The first kappa shape index (κ1) is 16.9. The average Bonchev–Trinajstić information content (AvgIpc) is 3.21. The highest BCUT2D eigenvalue weighted by atomic mass is 16.5. The van der Waals surface area contributed by atoms with Gasteiger partial charge >= 0.3 is 0 Å². The van der Waals surface area contributed by atoms with Crippen molar-refractivity contribution in [1.29, 1.82) is 0 Å². The molecule has 1 aliphatic heterocycles. The van der Waals surface area contributed by atoms with Crippen LogP contribution in [0.2, 0.25) is 0 Å². The van der Waals surface area contributed by atoms with E-state index in [0.29, 0.717) is 22.7 Å². The largest absolute Gasteiger partial charge is 0.479 e. The van der Waals surface area contributed by atoms with Gasteiger partial charge in [0.2, 0.25) is 0 Å². The molecule has 0 fully saturated rings. The number of carbonyl (C=O) groups excluding carboxylic acids is 2. The molecule has 0 radical (unpaired) electrons. The number of hydrogen-bond donors (Lipinski definition) is 1. The number of fused-ring (bicyclic) bond motifs is 1. The molecule has 6 nitrogen and oxygen atoms in total. The van der Waals surface area contributed by atoms with Crippen LogP contribution in [-0.2, 0) is 4.79 Å². The van der Waals surface area contributed by atoms with Crippen LogP contribution in [0.25, 0.3) is 5.69 Å². The van der Waals surface area contributed by atoms with Crippen molar-refractivity contribution >= 4 is 23.2 Å². The number of benzene rings is 2. The van der Waals surface area contributed by atoms with Gasteiger partial charge in [0.1, 0.15) is 5.75 Å². The zero-order valence-corrected chi connectivity index (χ0v) is 15.0. The van der Waals surface area contributed by atoms with Crippen molar-refractivity contribution in [3.05, 3.63) is 72.6 Å². The fourth-order valence-corrected chi connectivity index (χ4v) is 3.09. The Morgan fingerprint density at radius 2 is 1.78 bits per heavy atom. The van der Waals surface area contributed by atoms with Gasteiger partial charge in [0.05, 0.1) is 5.69 Å². The number of nitrogens with zero attached hydrogens (tertiary/aromatic N) is 2. The normalized spacial score (nSPS) is 15.9. The second-order valence-corrected chi connectivity index (χ2v) is 6.43. The number of nitrogens with one attached hydrogen (secondary N) is 1. The zero-order valence-electron chi connectivity index (χ0n) is 15.0. The summed E-state index contributed by atoms with van der Waals surface area (Å²) in [6, 6.07) is 16.5. The predicted octanol–water partition coefficient (Wildman–Crippen LogP) is 3.47. The minimum absolute atomic E-state index is 0.0953. The summed E-state index contributed by atoms with van der Waals surface area (Å²) >= 11 is 0. The third kappa shape index (κ3) is 3.17. The lowest BCUT2D eigenvalue weighted by atomic mass is 10.1. The molecule has 1 aliphatic rings. The Morgan fingerprint density at radius 1 is 1.07 bits per heavy atom. The van der Waals surface area contributed by atoms with E-state index in [4.69, 9.17) is 4.74 Å². The van der Waals surface area contributed by atoms with Gasteiger partial charge in [0.15, 0.2) is 6.10 Å². The van der Waals surface area contributed by atoms with Crippen LogP contribution in [0.5, 0.6) is 5.75 Å². The highest BCUT2D eigenvalue weighted by molar-refractivity contribution is 6.05. The van der Waals surface area contributed by atoms with Crippen LogP contribution < -0.4 is 15.0 Å². The van der Waals surface area contributed by atoms with Crippen molar-refractivity contribution in [1.82, 2.24) is 4.57 Å². The summed E-state index contributed by atoms with van der Waals surface area (Å²) in [4.78, 5) is 26.1. The molecular formula is C21H19N3O3. The van der Waals surface area contributed by atoms with E-state index in [-0.39, 0.29) is 11.8 Å². The average molecular weight is 361 g/mol. The van der Waals surface area contributed by atoms with Crippen molar-refractivity contribution < 1.29 is 14.3 Å². The Morgan fingerprint density at radius 3 is 2.48 bits per heavy atom. The molecule has 1 unspecified atom stereocenters. The quantitative estimate of drug-likeness (QED) is 0.777. The third-order valence-electron chi connectivity index (χ3n) is 4.59. The SMILES string of the molecule is CC1Oc2cc(NC(=O)c3ccc(-n4cccc4)cc3)ccc2N(C)C1=O. The molecule has 0 saturated heterocycles. The van der Waals surface area contributed by atoms with Gasteiger partial charge in [-0.25, -0.2) is 0 Å². The molecule has 6 heteroatoms. The number of anilines is 2. The first-order valence-electron chi connectivity index (χ1n) is 8.66. The summed E-state index contributed by atoms with van der Waals surface area (Å²) in [6.45, 7) is 1.71. The van der Waals surface area contributed by atoms with Crippen molar-refractivity contribution in [2.45, 2.75) is 13.0 Å². The zero-order chi connectivity index (χ0) is 19.0. The summed E-state index contributed by atoms with van der Waals surface area (Å²) in [6.07, 6.45) is 3.35. The lowest BCUT2D eigenvalue weighted by Gasteiger charge is -2.30. The Hall–Kier alpha value is -3.54. The van der Waals surface area contributed by atoms with Gasteiger partial charge in [-0.1, -0.05) is 0 Å². The van der Waals surface area contributed by atoms with E-state index < -0.39 is 6.10 Å². The Bertz CT molecular complexity index is 994. The van der Waals surface area contributed by atoms with E-state index >= 15 is 0 Å². The van der Waals surface area contributed by atoms with Crippen LogP contribution in [-0.4, -0.2) is 29.5 Å². The number of rotatable bonds is 3. The minimum Gasteiger partial charge on any atom is -0.479 e. The Kier molecular flexibility index (Phi) is 4.16. The molecular weight excluding hydrogens is 342 g/mol. The summed E-state index contributed by atoms with van der Waals surface area (Å²) in [7, 11) is 1.71. The van der Waals surface area contributed by atoms with Crippen LogP contribution in [0, 0.1) is 0 Å². The van der Waals surface area contributed by atoms with E-state index in [2.05, 4.69) is 5.32 Å². The number of carbonyl (C=O) groups is 2. The topological polar surface area (TPSA) is 63.6 Å². The lowest BCUT2D eigenvalue weighted by molar-refractivity contribution is -0.125. The van der Waals surface area contributed by atoms with Crippen LogP contribution >= 0.6 is 0 Å². The molecule has 0 saturated carbocycles. The predicted molar refractivity (Wildman–Crippen MR) is 104 cm³/mol. The summed E-state index contributed by atoms with van der Waals surface area (Å²) in [5, 5.41) is 2.87. The van der Waals surface area contributed by atoms with Gasteiger partial charge in [-0.05, 0) is 55.5 Å². The fourth-order valence-electron chi connectivity index (χ4n) is 3.09. The third-order valence-corrected chi connectivity index (χ3v) is 4.59. The van der Waals surface area contributed by atoms with E-state index in [1.807, 2.05) is 41.2 Å². The maximum absolute atomic E-state index is 12.5. The van der Waals surface area contributed by atoms with Crippen molar-refractivity contribution in [3.63, 3.8) is 0 Å². The smallest absolute Gasteiger partial charge is 0.267 e. The summed E-state index contributed by atoms with van der Waals surface area (Å²) < 4.78 is 7.63.